The van der Waals surface area contributed by atoms with Crippen LogP contribution < -0.4 is 5.73 Å². The summed E-state index contributed by atoms with van der Waals surface area (Å²) in [5.41, 5.74) is 6.95. The minimum absolute atomic E-state index is 0.244. The Morgan fingerprint density at radius 1 is 1.47 bits per heavy atom. The van der Waals surface area contributed by atoms with Crippen LogP contribution in [0, 0.1) is 23.1 Å². The Morgan fingerprint density at radius 2 is 2.16 bits per heavy atom. The molecule has 0 bridgehead atoms. The van der Waals surface area contributed by atoms with Crippen LogP contribution in [0.2, 0.25) is 0 Å². The smallest absolute Gasteiger partial charge is 0.129 e. The molecule has 2 rings (SSSR count). The SMILES string of the molecule is CC(N)C1CCN(Cc2ccc(C#N)cc2F)CC1. The van der Waals surface area contributed by atoms with Crippen molar-refractivity contribution in [3.8, 4) is 6.07 Å². The first-order chi connectivity index (χ1) is 9.10. The summed E-state index contributed by atoms with van der Waals surface area (Å²) in [6.45, 7) is 4.60. The van der Waals surface area contributed by atoms with Crippen molar-refractivity contribution in [2.45, 2.75) is 32.4 Å². The zero-order chi connectivity index (χ0) is 13.8. The molecule has 0 saturated carbocycles. The number of piperidine rings is 1. The summed E-state index contributed by atoms with van der Waals surface area (Å²) in [4.78, 5) is 2.25. The predicted octanol–water partition coefficient (Wildman–Crippen LogP) is 2.26. The summed E-state index contributed by atoms with van der Waals surface area (Å²) in [6, 6.07) is 6.89. The van der Waals surface area contributed by atoms with Gasteiger partial charge in [-0.1, -0.05) is 6.07 Å². The van der Waals surface area contributed by atoms with E-state index in [1.165, 1.54) is 6.07 Å². The molecule has 1 aliphatic heterocycles. The fraction of sp³-hybridized carbons (Fsp3) is 0.533. The van der Waals surface area contributed by atoms with Gasteiger partial charge in [0.1, 0.15) is 5.82 Å². The van der Waals surface area contributed by atoms with Crippen LogP contribution in [0.4, 0.5) is 4.39 Å². The number of halogens is 1. The van der Waals surface area contributed by atoms with Crippen LogP contribution in [0.25, 0.3) is 0 Å². The number of rotatable bonds is 3. The normalized spacial score (nSPS) is 19.1. The molecule has 1 aromatic rings. The lowest BCUT2D eigenvalue weighted by Gasteiger charge is -2.33. The van der Waals surface area contributed by atoms with Gasteiger partial charge in [0.05, 0.1) is 11.6 Å². The summed E-state index contributed by atoms with van der Waals surface area (Å²) >= 11 is 0. The van der Waals surface area contributed by atoms with E-state index in [9.17, 15) is 4.39 Å². The van der Waals surface area contributed by atoms with Crippen LogP contribution in [0.1, 0.15) is 30.9 Å². The van der Waals surface area contributed by atoms with Crippen molar-refractivity contribution in [2.24, 2.45) is 11.7 Å². The predicted molar refractivity (Wildman–Crippen MR) is 72.8 cm³/mol. The molecule has 4 heteroatoms. The van der Waals surface area contributed by atoms with Gasteiger partial charge in [0.2, 0.25) is 0 Å². The zero-order valence-electron chi connectivity index (χ0n) is 11.3. The average Bonchev–Trinajstić information content (AvgIpc) is 2.41. The highest BCUT2D eigenvalue weighted by Gasteiger charge is 2.22. The fourth-order valence-electron chi connectivity index (χ4n) is 2.62. The summed E-state index contributed by atoms with van der Waals surface area (Å²) < 4.78 is 13.8. The maximum atomic E-state index is 13.8. The third kappa shape index (κ3) is 3.52. The molecule has 1 unspecified atom stereocenters. The molecule has 1 aliphatic rings. The first-order valence-electron chi connectivity index (χ1n) is 6.76. The largest absolute Gasteiger partial charge is 0.328 e. The maximum Gasteiger partial charge on any atom is 0.129 e. The minimum atomic E-state index is -0.284. The average molecular weight is 261 g/mol. The lowest BCUT2D eigenvalue weighted by Crippen LogP contribution is -2.39. The van der Waals surface area contributed by atoms with Gasteiger partial charge in [0.15, 0.2) is 0 Å². The Morgan fingerprint density at radius 3 is 2.68 bits per heavy atom. The van der Waals surface area contributed by atoms with E-state index in [0.29, 0.717) is 23.6 Å². The molecule has 102 valence electrons. The lowest BCUT2D eigenvalue weighted by molar-refractivity contribution is 0.164. The lowest BCUT2D eigenvalue weighted by atomic mass is 9.91. The van der Waals surface area contributed by atoms with Crippen LogP contribution in [0.5, 0.6) is 0 Å². The van der Waals surface area contributed by atoms with E-state index in [1.54, 1.807) is 12.1 Å². The maximum absolute atomic E-state index is 13.8. The van der Waals surface area contributed by atoms with Crippen molar-refractivity contribution in [1.29, 1.82) is 5.26 Å². The molecule has 0 amide bonds. The van der Waals surface area contributed by atoms with E-state index in [0.717, 1.165) is 25.9 Å². The molecule has 2 N–H and O–H groups in total. The standard InChI is InChI=1S/C15H20FN3/c1-11(18)13-4-6-19(7-5-13)10-14-3-2-12(9-17)8-15(14)16/h2-3,8,11,13H,4-7,10,18H2,1H3. The highest BCUT2D eigenvalue weighted by molar-refractivity contribution is 5.32. The Bertz CT molecular complexity index is 471. The van der Waals surface area contributed by atoms with E-state index in [1.807, 2.05) is 6.07 Å². The third-order valence-electron chi connectivity index (χ3n) is 3.95. The van der Waals surface area contributed by atoms with Gasteiger partial charge in [-0.2, -0.15) is 5.26 Å². The zero-order valence-corrected chi connectivity index (χ0v) is 11.3. The monoisotopic (exact) mass is 261 g/mol. The van der Waals surface area contributed by atoms with E-state index in [4.69, 9.17) is 11.0 Å². The fourth-order valence-corrected chi connectivity index (χ4v) is 2.62. The Labute approximate surface area is 113 Å². The van der Waals surface area contributed by atoms with Crippen LogP contribution in [-0.2, 0) is 6.54 Å². The third-order valence-corrected chi connectivity index (χ3v) is 3.95. The van der Waals surface area contributed by atoms with Gasteiger partial charge in [-0.25, -0.2) is 4.39 Å². The van der Waals surface area contributed by atoms with Gasteiger partial charge < -0.3 is 5.73 Å². The molecule has 1 heterocycles. The number of hydrogen-bond acceptors (Lipinski definition) is 3. The van der Waals surface area contributed by atoms with Crippen molar-refractivity contribution < 1.29 is 4.39 Å². The summed E-state index contributed by atoms with van der Waals surface area (Å²) in [5, 5.41) is 8.72. The van der Waals surface area contributed by atoms with Crippen molar-refractivity contribution in [3.63, 3.8) is 0 Å². The number of nitrogens with zero attached hydrogens (tertiary/aromatic N) is 2. The Hall–Kier alpha value is -1.44. The molecule has 0 radical (unpaired) electrons. The molecule has 19 heavy (non-hydrogen) atoms. The molecule has 3 nitrogen and oxygen atoms in total. The van der Waals surface area contributed by atoms with Gasteiger partial charge in [0, 0.05) is 18.2 Å². The topological polar surface area (TPSA) is 53.0 Å². The molecule has 1 aromatic carbocycles. The number of likely N-dealkylation sites (tertiary alicyclic amines) is 1. The van der Waals surface area contributed by atoms with Crippen LogP contribution >= 0.6 is 0 Å². The van der Waals surface area contributed by atoms with Crippen LogP contribution in [-0.4, -0.2) is 24.0 Å². The van der Waals surface area contributed by atoms with Gasteiger partial charge in [-0.3, -0.25) is 4.90 Å². The second-order valence-electron chi connectivity index (χ2n) is 5.39. The van der Waals surface area contributed by atoms with Crippen LogP contribution in [0.15, 0.2) is 18.2 Å². The van der Waals surface area contributed by atoms with Gasteiger partial charge in [0.25, 0.3) is 0 Å². The van der Waals surface area contributed by atoms with E-state index < -0.39 is 0 Å². The van der Waals surface area contributed by atoms with Gasteiger partial charge in [-0.15, -0.1) is 0 Å². The van der Waals surface area contributed by atoms with E-state index >= 15 is 0 Å². The molecule has 1 saturated heterocycles. The van der Waals surface area contributed by atoms with Crippen molar-refractivity contribution in [3.05, 3.63) is 35.1 Å². The number of nitrogens with two attached hydrogens (primary N) is 1. The van der Waals surface area contributed by atoms with Crippen LogP contribution in [0.3, 0.4) is 0 Å². The molecule has 0 aromatic heterocycles. The van der Waals surface area contributed by atoms with Crippen molar-refractivity contribution in [2.75, 3.05) is 13.1 Å². The molecular weight excluding hydrogens is 241 g/mol. The first-order valence-corrected chi connectivity index (χ1v) is 6.76. The second-order valence-corrected chi connectivity index (χ2v) is 5.39. The molecular formula is C15H20FN3. The van der Waals surface area contributed by atoms with Gasteiger partial charge >= 0.3 is 0 Å². The highest BCUT2D eigenvalue weighted by Crippen LogP contribution is 2.22. The summed E-state index contributed by atoms with van der Waals surface area (Å²) in [7, 11) is 0. The minimum Gasteiger partial charge on any atom is -0.328 e. The number of hydrogen-bond donors (Lipinski definition) is 1. The van der Waals surface area contributed by atoms with E-state index in [-0.39, 0.29) is 11.9 Å². The van der Waals surface area contributed by atoms with Crippen molar-refractivity contribution in [1.82, 2.24) is 4.90 Å². The van der Waals surface area contributed by atoms with Gasteiger partial charge in [-0.05, 0) is 50.9 Å². The quantitative estimate of drug-likeness (QED) is 0.908. The highest BCUT2D eigenvalue weighted by atomic mass is 19.1. The molecule has 1 fully saturated rings. The van der Waals surface area contributed by atoms with Crippen molar-refractivity contribution >= 4 is 0 Å². The Balaban J connectivity index is 1.94. The molecule has 0 aliphatic carbocycles. The van der Waals surface area contributed by atoms with E-state index in [2.05, 4.69) is 11.8 Å². The molecule has 0 spiro atoms. The second kappa shape index (κ2) is 6.14. The molecule has 1 atom stereocenters. The summed E-state index contributed by atoms with van der Waals surface area (Å²) in [6.07, 6.45) is 2.16. The summed E-state index contributed by atoms with van der Waals surface area (Å²) in [5.74, 6) is 0.301. The Kier molecular flexibility index (Phi) is 4.52. The number of benzene rings is 1. The number of nitriles is 1. The first kappa shape index (κ1) is 14.0.